The van der Waals surface area contributed by atoms with Crippen LogP contribution in [-0.4, -0.2) is 54.4 Å². The number of alkyl halides is 3. The molecule has 2 unspecified atom stereocenters. The summed E-state index contributed by atoms with van der Waals surface area (Å²) in [6.45, 7) is 0.426. The third-order valence-corrected chi connectivity index (χ3v) is 6.51. The van der Waals surface area contributed by atoms with Crippen LogP contribution < -0.4 is 5.32 Å². The molecule has 2 aromatic carbocycles. The van der Waals surface area contributed by atoms with Crippen molar-refractivity contribution in [2.24, 2.45) is 0 Å². The van der Waals surface area contributed by atoms with Crippen molar-refractivity contribution in [2.75, 3.05) is 20.7 Å². The highest BCUT2D eigenvalue weighted by atomic mass is 19.4. The van der Waals surface area contributed by atoms with E-state index < -0.39 is 29.4 Å². The lowest BCUT2D eigenvalue weighted by molar-refractivity contribution is -0.148. The van der Waals surface area contributed by atoms with Crippen molar-refractivity contribution >= 4 is 12.0 Å². The van der Waals surface area contributed by atoms with Crippen LogP contribution in [0.1, 0.15) is 35.1 Å². The highest BCUT2D eigenvalue weighted by Crippen LogP contribution is 2.32. The molecule has 0 spiro atoms. The van der Waals surface area contributed by atoms with Gasteiger partial charge in [-0.3, -0.25) is 0 Å². The Hall–Kier alpha value is -3.07. The summed E-state index contributed by atoms with van der Waals surface area (Å²) in [7, 11) is 3.09. The number of likely N-dealkylation sites (N-methyl/N-ethyl adjacent to an activating group) is 1. The molecule has 2 aromatic rings. The maximum Gasteiger partial charge on any atom is 0.416 e. The zero-order valence-electron chi connectivity index (χ0n) is 19.2. The Kier molecular flexibility index (Phi) is 7.86. The van der Waals surface area contributed by atoms with Gasteiger partial charge in [0.25, 0.3) is 0 Å². The molecule has 0 bridgehead atoms. The fourth-order valence-corrected chi connectivity index (χ4v) is 4.36. The second-order valence-corrected chi connectivity index (χ2v) is 8.75. The molecule has 2 N–H and O–H groups in total. The second kappa shape index (κ2) is 10.5. The van der Waals surface area contributed by atoms with Crippen LogP contribution >= 0.6 is 0 Å². The van der Waals surface area contributed by atoms with Gasteiger partial charge in [-0.05, 0) is 54.5 Å². The first kappa shape index (κ1) is 25.6. The van der Waals surface area contributed by atoms with E-state index >= 15 is 0 Å². The second-order valence-electron chi connectivity index (χ2n) is 8.75. The number of carboxylic acids is 1. The fraction of sp³-hybridized carbons (Fsp3) is 0.440. The van der Waals surface area contributed by atoms with E-state index in [9.17, 15) is 22.8 Å². The fourth-order valence-electron chi connectivity index (χ4n) is 4.36. The number of hydrogen-bond acceptors (Lipinski definition) is 3. The van der Waals surface area contributed by atoms with Crippen LogP contribution in [0.15, 0.2) is 48.5 Å². The van der Waals surface area contributed by atoms with Gasteiger partial charge in [-0.1, -0.05) is 36.4 Å². The molecule has 1 fully saturated rings. The van der Waals surface area contributed by atoms with Gasteiger partial charge in [-0.2, -0.15) is 13.2 Å². The number of hydrogen-bond donors (Lipinski definition) is 2. The average Bonchev–Trinajstić information content (AvgIpc) is 3.06. The number of carbonyl (C=O) groups excluding carboxylic acids is 1. The first-order valence-corrected chi connectivity index (χ1v) is 11.1. The molecule has 3 rings (SSSR count). The molecule has 1 aliphatic heterocycles. The predicted molar refractivity (Wildman–Crippen MR) is 121 cm³/mol. The van der Waals surface area contributed by atoms with Crippen LogP contribution in [0.2, 0.25) is 0 Å². The van der Waals surface area contributed by atoms with Gasteiger partial charge in [0.2, 0.25) is 0 Å². The summed E-state index contributed by atoms with van der Waals surface area (Å²) in [6, 6.07) is 12.6. The number of halogens is 3. The Morgan fingerprint density at radius 3 is 2.21 bits per heavy atom. The Labute approximate surface area is 196 Å². The molecule has 2 atom stereocenters. The lowest BCUT2D eigenvalue weighted by Gasteiger charge is -2.35. The molecular formula is C25H29F3N2O4. The molecule has 2 amide bonds. The number of nitrogens with zero attached hydrogens (tertiary/aromatic N) is 1. The Morgan fingerprint density at radius 2 is 1.71 bits per heavy atom. The summed E-state index contributed by atoms with van der Waals surface area (Å²) in [4.78, 5) is 25.0. The molecule has 1 saturated heterocycles. The number of methoxy groups -OCH3 is 1. The summed E-state index contributed by atoms with van der Waals surface area (Å²) in [5.41, 5.74) is 1.47. The Balaban J connectivity index is 1.64. The number of aryl methyl sites for hydroxylation is 1. The third-order valence-electron chi connectivity index (χ3n) is 6.51. The van der Waals surface area contributed by atoms with Gasteiger partial charge >= 0.3 is 18.2 Å². The van der Waals surface area contributed by atoms with E-state index in [0.717, 1.165) is 41.7 Å². The zero-order chi connectivity index (χ0) is 24.9. The molecule has 6 nitrogen and oxygen atoms in total. The highest BCUT2D eigenvalue weighted by Gasteiger charge is 2.42. The monoisotopic (exact) mass is 478 g/mol. The van der Waals surface area contributed by atoms with E-state index in [-0.39, 0.29) is 12.5 Å². The first-order valence-electron chi connectivity index (χ1n) is 11.1. The van der Waals surface area contributed by atoms with Crippen LogP contribution in [0.4, 0.5) is 18.0 Å². The number of nitrogens with one attached hydrogen (secondary N) is 1. The number of carboxylic acid groups (broad SMARTS) is 1. The van der Waals surface area contributed by atoms with Gasteiger partial charge in [0.05, 0.1) is 11.1 Å². The molecule has 1 heterocycles. The summed E-state index contributed by atoms with van der Waals surface area (Å²) >= 11 is 0. The Morgan fingerprint density at radius 1 is 1.12 bits per heavy atom. The minimum atomic E-state index is -4.38. The molecule has 0 radical (unpaired) electrons. The number of carbonyl (C=O) groups is 2. The SMILES string of the molecule is COC(Cc1ccc(CCCC2(Cc3ccc(C(F)(F)F)cc3)CNC(=O)N2C)cc1)C(=O)O. The number of urea groups is 1. The topological polar surface area (TPSA) is 78.9 Å². The Bertz CT molecular complexity index is 993. The molecule has 9 heteroatoms. The molecule has 0 aromatic heterocycles. The standard InChI is InChI=1S/C25H29F3N2O4/c1-30-23(33)29-16-24(30,15-19-9-11-20(12-10-19)25(26,27)28)13-3-4-17-5-7-18(8-6-17)14-21(34-2)22(31)32/h5-12,21H,3-4,13-16H2,1-2H3,(H,29,33)(H,31,32). The van der Waals surface area contributed by atoms with E-state index in [1.807, 2.05) is 24.3 Å². The molecule has 0 aliphatic carbocycles. The minimum absolute atomic E-state index is 0.192. The smallest absolute Gasteiger partial charge is 0.416 e. The van der Waals surface area contributed by atoms with Crippen molar-refractivity contribution in [3.63, 3.8) is 0 Å². The maximum atomic E-state index is 12.9. The molecule has 34 heavy (non-hydrogen) atoms. The van der Waals surface area contributed by atoms with Crippen LogP contribution in [0.3, 0.4) is 0 Å². The van der Waals surface area contributed by atoms with Crippen LogP contribution in [0.25, 0.3) is 0 Å². The van der Waals surface area contributed by atoms with Gasteiger partial charge in [-0.25, -0.2) is 9.59 Å². The summed E-state index contributed by atoms with van der Waals surface area (Å²) in [6.07, 6.45) is -2.34. The van der Waals surface area contributed by atoms with Crippen molar-refractivity contribution < 1.29 is 32.6 Å². The molecular weight excluding hydrogens is 449 g/mol. The van der Waals surface area contributed by atoms with Crippen molar-refractivity contribution in [3.8, 4) is 0 Å². The first-order chi connectivity index (χ1) is 16.0. The third kappa shape index (κ3) is 6.08. The van der Waals surface area contributed by atoms with Crippen molar-refractivity contribution in [1.82, 2.24) is 10.2 Å². The normalized spacial score (nSPS) is 19.2. The van der Waals surface area contributed by atoms with Gasteiger partial charge in [0, 0.05) is 27.1 Å². The maximum absolute atomic E-state index is 12.9. The number of rotatable bonds is 10. The van der Waals surface area contributed by atoms with E-state index in [0.29, 0.717) is 19.4 Å². The number of aliphatic carboxylic acids is 1. The summed E-state index contributed by atoms with van der Waals surface area (Å²) in [5.74, 6) is -1.01. The quantitative estimate of drug-likeness (QED) is 0.534. The van der Waals surface area contributed by atoms with Crippen LogP contribution in [-0.2, 0) is 35.0 Å². The van der Waals surface area contributed by atoms with Crippen molar-refractivity contribution in [2.45, 2.75) is 49.9 Å². The highest BCUT2D eigenvalue weighted by molar-refractivity contribution is 5.77. The molecule has 184 valence electrons. The number of benzene rings is 2. The van der Waals surface area contributed by atoms with Crippen molar-refractivity contribution in [1.29, 1.82) is 0 Å². The van der Waals surface area contributed by atoms with E-state index in [4.69, 9.17) is 9.84 Å². The van der Waals surface area contributed by atoms with Gasteiger partial charge < -0.3 is 20.1 Å². The lowest BCUT2D eigenvalue weighted by atomic mass is 9.84. The van der Waals surface area contributed by atoms with Gasteiger partial charge in [-0.15, -0.1) is 0 Å². The zero-order valence-corrected chi connectivity index (χ0v) is 19.2. The van der Waals surface area contributed by atoms with Crippen LogP contribution in [0.5, 0.6) is 0 Å². The molecule has 0 saturated carbocycles. The van der Waals surface area contributed by atoms with E-state index in [1.54, 1.807) is 11.9 Å². The average molecular weight is 479 g/mol. The van der Waals surface area contributed by atoms with Gasteiger partial charge in [0.1, 0.15) is 0 Å². The molecule has 1 aliphatic rings. The van der Waals surface area contributed by atoms with E-state index in [1.165, 1.54) is 19.2 Å². The number of ether oxygens (including phenoxy) is 1. The van der Waals surface area contributed by atoms with Crippen LogP contribution in [0, 0.1) is 0 Å². The lowest BCUT2D eigenvalue weighted by Crippen LogP contribution is -2.46. The number of amides is 2. The van der Waals surface area contributed by atoms with E-state index in [2.05, 4.69) is 5.32 Å². The van der Waals surface area contributed by atoms with Crippen molar-refractivity contribution in [3.05, 3.63) is 70.8 Å². The summed E-state index contributed by atoms with van der Waals surface area (Å²) < 4.78 is 43.6. The minimum Gasteiger partial charge on any atom is -0.479 e. The predicted octanol–water partition coefficient (Wildman–Crippen LogP) is 4.31. The summed E-state index contributed by atoms with van der Waals surface area (Å²) in [5, 5.41) is 12.0. The largest absolute Gasteiger partial charge is 0.479 e. The van der Waals surface area contributed by atoms with Gasteiger partial charge in [0.15, 0.2) is 6.10 Å².